The second-order valence-electron chi connectivity index (χ2n) is 13.0. The molecular formula is C33H27Cl2F5N2O6. The molecule has 2 saturated carbocycles. The van der Waals surface area contributed by atoms with Gasteiger partial charge in [0, 0.05) is 12.0 Å². The van der Waals surface area contributed by atoms with Gasteiger partial charge in [-0.05, 0) is 49.3 Å². The average Bonchev–Trinajstić information content (AvgIpc) is 3.42. The van der Waals surface area contributed by atoms with Crippen molar-refractivity contribution in [2.75, 3.05) is 12.0 Å². The SMILES string of the molecule is COc1cc(C2C3=CCC4C(=O)N(C5CCCCC5)C(=O)C4C3CC3(Cl)C(=O)N(c4c(F)c(F)c(F)c(F)c4F)C(=O)C23Cl)ccc1O. The van der Waals surface area contributed by atoms with Crippen molar-refractivity contribution >= 4 is 52.5 Å². The summed E-state index contributed by atoms with van der Waals surface area (Å²) in [7, 11) is 1.24. The van der Waals surface area contributed by atoms with E-state index < -0.39 is 92.3 Å². The van der Waals surface area contributed by atoms with E-state index in [1.807, 2.05) is 0 Å². The van der Waals surface area contributed by atoms with Crippen molar-refractivity contribution in [2.24, 2.45) is 17.8 Å². The number of fused-ring (bicyclic) bond motifs is 4. The zero-order valence-electron chi connectivity index (χ0n) is 25.2. The van der Waals surface area contributed by atoms with Crippen LogP contribution in [0.2, 0.25) is 0 Å². The van der Waals surface area contributed by atoms with E-state index in [9.17, 15) is 37.5 Å². The number of aromatic hydroxyl groups is 1. The summed E-state index contributed by atoms with van der Waals surface area (Å²) in [5.41, 5.74) is -1.40. The summed E-state index contributed by atoms with van der Waals surface area (Å²) in [4.78, 5) is 52.3. The molecule has 4 amide bonds. The second kappa shape index (κ2) is 11.2. The number of ether oxygens (including phenoxy) is 1. The highest BCUT2D eigenvalue weighted by Crippen LogP contribution is 2.66. The molecule has 4 fully saturated rings. The predicted molar refractivity (Wildman–Crippen MR) is 160 cm³/mol. The van der Waals surface area contributed by atoms with Crippen LogP contribution in [0.15, 0.2) is 29.8 Å². The molecule has 15 heteroatoms. The summed E-state index contributed by atoms with van der Waals surface area (Å²) in [5.74, 6) is -20.9. The molecule has 5 aliphatic rings. The zero-order chi connectivity index (χ0) is 34.6. The molecule has 8 nitrogen and oxygen atoms in total. The smallest absolute Gasteiger partial charge is 0.258 e. The van der Waals surface area contributed by atoms with E-state index in [1.54, 1.807) is 6.08 Å². The number of anilines is 1. The molecule has 7 rings (SSSR count). The fraction of sp³-hybridized carbons (Fsp3) is 0.455. The first-order valence-corrected chi connectivity index (χ1v) is 16.2. The Hall–Kier alpha value is -3.71. The van der Waals surface area contributed by atoms with Crippen molar-refractivity contribution < 1.29 is 51.0 Å². The van der Waals surface area contributed by atoms with Gasteiger partial charge in [-0.3, -0.25) is 24.1 Å². The van der Waals surface area contributed by atoms with Gasteiger partial charge in [0.2, 0.25) is 17.6 Å². The first-order chi connectivity index (χ1) is 22.7. The van der Waals surface area contributed by atoms with Crippen molar-refractivity contribution in [3.63, 3.8) is 0 Å². The number of halogens is 7. The van der Waals surface area contributed by atoms with Gasteiger partial charge in [-0.1, -0.05) is 37.0 Å². The number of allylic oxidation sites excluding steroid dienone is 2. The van der Waals surface area contributed by atoms with Crippen LogP contribution in [0.5, 0.6) is 11.5 Å². The van der Waals surface area contributed by atoms with Crippen LogP contribution in [0.1, 0.15) is 56.4 Å². The fourth-order valence-electron chi connectivity index (χ4n) is 8.54. The maximum Gasteiger partial charge on any atom is 0.258 e. The molecule has 6 unspecified atom stereocenters. The quantitative estimate of drug-likeness (QED) is 0.104. The fourth-order valence-corrected chi connectivity index (χ4v) is 9.47. The van der Waals surface area contributed by atoms with Crippen LogP contribution >= 0.6 is 23.2 Å². The molecule has 2 aromatic carbocycles. The lowest BCUT2D eigenvalue weighted by molar-refractivity contribution is -0.143. The number of carbonyl (C=O) groups is 4. The van der Waals surface area contributed by atoms with Gasteiger partial charge in [0.05, 0.1) is 18.9 Å². The third kappa shape index (κ3) is 4.12. The molecular weight excluding hydrogens is 686 g/mol. The molecule has 48 heavy (non-hydrogen) atoms. The molecule has 2 aliphatic heterocycles. The number of phenols is 1. The van der Waals surface area contributed by atoms with Gasteiger partial charge in [0.1, 0.15) is 5.69 Å². The lowest BCUT2D eigenvalue weighted by Gasteiger charge is -2.50. The van der Waals surface area contributed by atoms with Crippen LogP contribution in [0, 0.1) is 46.8 Å². The molecule has 1 N–H and O–H groups in total. The van der Waals surface area contributed by atoms with Gasteiger partial charge in [-0.15, -0.1) is 23.2 Å². The molecule has 0 aromatic heterocycles. The van der Waals surface area contributed by atoms with Crippen LogP contribution in [0.3, 0.4) is 0 Å². The Labute approximate surface area is 280 Å². The second-order valence-corrected chi connectivity index (χ2v) is 14.2. The van der Waals surface area contributed by atoms with Gasteiger partial charge in [0.25, 0.3) is 11.8 Å². The summed E-state index contributed by atoms with van der Waals surface area (Å²) in [6, 6.07) is 3.53. The molecule has 6 atom stereocenters. The van der Waals surface area contributed by atoms with Gasteiger partial charge in [-0.2, -0.15) is 0 Å². The van der Waals surface area contributed by atoms with Crippen molar-refractivity contribution in [3.05, 3.63) is 64.5 Å². The number of likely N-dealkylation sites (tertiary alicyclic amines) is 1. The van der Waals surface area contributed by atoms with E-state index in [-0.39, 0.29) is 40.3 Å². The summed E-state index contributed by atoms with van der Waals surface area (Å²) in [6.07, 6.45) is 5.00. The van der Waals surface area contributed by atoms with Gasteiger partial charge in [0.15, 0.2) is 44.5 Å². The summed E-state index contributed by atoms with van der Waals surface area (Å²) in [5, 5.41) is 10.3. The monoisotopic (exact) mass is 712 g/mol. The Morgan fingerprint density at radius 3 is 2.10 bits per heavy atom. The number of hydrogen-bond donors (Lipinski definition) is 1. The Morgan fingerprint density at radius 2 is 1.48 bits per heavy atom. The lowest BCUT2D eigenvalue weighted by Crippen LogP contribution is -2.60. The third-order valence-corrected chi connectivity index (χ3v) is 12.1. The number of hydrogen-bond acceptors (Lipinski definition) is 6. The van der Waals surface area contributed by atoms with Crippen molar-refractivity contribution in [1.82, 2.24) is 4.90 Å². The number of phenolic OH excluding ortho intramolecular Hbond substituents is 1. The highest BCUT2D eigenvalue weighted by Gasteiger charge is 2.77. The van der Waals surface area contributed by atoms with E-state index in [0.717, 1.165) is 19.3 Å². The topological polar surface area (TPSA) is 104 Å². The predicted octanol–water partition coefficient (Wildman–Crippen LogP) is 5.99. The molecule has 0 radical (unpaired) electrons. The first kappa shape index (κ1) is 32.8. The zero-order valence-corrected chi connectivity index (χ0v) is 26.7. The maximum atomic E-state index is 15.2. The number of carbonyl (C=O) groups excluding carboxylic acids is 4. The Balaban J connectivity index is 1.42. The van der Waals surface area contributed by atoms with Crippen molar-refractivity contribution in [1.29, 1.82) is 0 Å². The van der Waals surface area contributed by atoms with E-state index >= 15 is 8.78 Å². The minimum Gasteiger partial charge on any atom is -0.504 e. The lowest BCUT2D eigenvalue weighted by atomic mass is 9.56. The standard InChI is InChI=1S/C33H27Cl2F5N2O6/c1-48-19-11-13(7-10-18(19)43)21-15-8-9-16-20(29(45)41(28(16)44)14-5-3-2-4-6-14)17(15)12-32(34)30(46)42(31(47)33(21,32)35)27-25(39)23(37)22(36)24(38)26(27)40/h7-8,10-11,14,16-17,20-21,43H,2-6,9,12H2,1H3. The number of benzene rings is 2. The maximum absolute atomic E-state index is 15.2. The van der Waals surface area contributed by atoms with Crippen LogP contribution in [-0.4, -0.2) is 56.5 Å². The molecule has 0 bridgehead atoms. The van der Waals surface area contributed by atoms with Crippen LogP contribution < -0.4 is 9.64 Å². The summed E-state index contributed by atoms with van der Waals surface area (Å²) in [6.45, 7) is 0. The van der Waals surface area contributed by atoms with Gasteiger partial charge < -0.3 is 9.84 Å². The summed E-state index contributed by atoms with van der Waals surface area (Å²) < 4.78 is 78.4. The minimum atomic E-state index is -2.66. The Bertz CT molecular complexity index is 1820. The van der Waals surface area contributed by atoms with E-state index in [4.69, 9.17) is 27.9 Å². The first-order valence-electron chi connectivity index (χ1n) is 15.4. The molecule has 2 saturated heterocycles. The van der Waals surface area contributed by atoms with E-state index in [2.05, 4.69) is 0 Å². The minimum absolute atomic E-state index is 0.0573. The summed E-state index contributed by atoms with van der Waals surface area (Å²) >= 11 is 14.3. The number of alkyl halides is 2. The van der Waals surface area contributed by atoms with Crippen LogP contribution in [0.25, 0.3) is 0 Å². The molecule has 2 heterocycles. The van der Waals surface area contributed by atoms with Crippen molar-refractivity contribution in [3.8, 4) is 11.5 Å². The third-order valence-electron chi connectivity index (χ3n) is 10.7. The highest BCUT2D eigenvalue weighted by atomic mass is 35.5. The average molecular weight is 713 g/mol. The normalized spacial score (nSPS) is 32.0. The number of methoxy groups -OCH3 is 1. The highest BCUT2D eigenvalue weighted by molar-refractivity contribution is 6.58. The van der Waals surface area contributed by atoms with Crippen LogP contribution in [0.4, 0.5) is 27.6 Å². The molecule has 2 aromatic rings. The van der Waals surface area contributed by atoms with E-state index in [1.165, 1.54) is 30.2 Å². The van der Waals surface area contributed by atoms with E-state index in [0.29, 0.717) is 18.4 Å². The van der Waals surface area contributed by atoms with Gasteiger partial charge >= 0.3 is 0 Å². The Morgan fingerprint density at radius 1 is 0.854 bits per heavy atom. The molecule has 0 spiro atoms. The van der Waals surface area contributed by atoms with Crippen LogP contribution in [-0.2, 0) is 19.2 Å². The van der Waals surface area contributed by atoms with Crippen molar-refractivity contribution in [2.45, 2.75) is 66.7 Å². The number of imide groups is 2. The number of amides is 4. The number of nitrogens with zero attached hydrogens (tertiary/aromatic N) is 2. The largest absolute Gasteiger partial charge is 0.504 e. The number of rotatable bonds is 4. The molecule has 3 aliphatic carbocycles. The Kier molecular flexibility index (Phi) is 7.63. The van der Waals surface area contributed by atoms with Gasteiger partial charge in [-0.25, -0.2) is 26.9 Å². The molecule has 254 valence electrons.